The monoisotopic (exact) mass is 319 g/mol. The fourth-order valence-electron chi connectivity index (χ4n) is 1.62. The quantitative estimate of drug-likeness (QED) is 0.853. The molecule has 0 bridgehead atoms. The van der Waals surface area contributed by atoms with E-state index in [4.69, 9.17) is 4.74 Å². The van der Waals surface area contributed by atoms with Crippen LogP contribution in [0.3, 0.4) is 0 Å². The number of rotatable bonds is 4. The summed E-state index contributed by atoms with van der Waals surface area (Å²) in [7, 11) is 0. The van der Waals surface area contributed by atoms with Crippen LogP contribution >= 0.6 is 15.9 Å². The summed E-state index contributed by atoms with van der Waals surface area (Å²) in [5.41, 5.74) is 1.45. The number of hydrogen-bond acceptors (Lipinski definition) is 3. The lowest BCUT2D eigenvalue weighted by atomic mass is 10.2. The second kappa shape index (κ2) is 6.38. The first kappa shape index (κ1) is 13.6. The van der Waals surface area contributed by atoms with Gasteiger partial charge >= 0.3 is 0 Å². The first-order valence-electron chi connectivity index (χ1n) is 5.95. The number of halogens is 1. The fraction of sp³-hybridized carbons (Fsp3) is 0.133. The molecule has 1 N–H and O–H groups in total. The molecular formula is C15H14BrNO2. The van der Waals surface area contributed by atoms with Crippen molar-refractivity contribution in [3.05, 3.63) is 52.5 Å². The van der Waals surface area contributed by atoms with Crippen LogP contribution in [0, 0.1) is 0 Å². The predicted octanol–water partition coefficient (Wildman–Crippen LogP) is 4.30. The molecule has 4 heteroatoms. The minimum Gasteiger partial charge on any atom is -0.504 e. The van der Waals surface area contributed by atoms with Crippen LogP contribution in [0.25, 0.3) is 0 Å². The van der Waals surface area contributed by atoms with E-state index in [9.17, 15) is 5.11 Å². The molecule has 0 spiro atoms. The van der Waals surface area contributed by atoms with E-state index in [1.54, 1.807) is 18.3 Å². The maximum atomic E-state index is 10.0. The van der Waals surface area contributed by atoms with Crippen LogP contribution in [-0.2, 0) is 0 Å². The van der Waals surface area contributed by atoms with E-state index in [0.29, 0.717) is 17.9 Å². The average molecular weight is 320 g/mol. The number of aliphatic imine (C=N–C) groups is 1. The molecule has 0 fully saturated rings. The Balaban J connectivity index is 2.26. The molecule has 98 valence electrons. The van der Waals surface area contributed by atoms with E-state index in [1.807, 2.05) is 37.3 Å². The zero-order chi connectivity index (χ0) is 13.7. The summed E-state index contributed by atoms with van der Waals surface area (Å²) >= 11 is 3.39. The van der Waals surface area contributed by atoms with Crippen molar-refractivity contribution in [1.29, 1.82) is 0 Å². The Hall–Kier alpha value is -1.81. The van der Waals surface area contributed by atoms with Gasteiger partial charge in [-0.15, -0.1) is 0 Å². The largest absolute Gasteiger partial charge is 0.504 e. The zero-order valence-electron chi connectivity index (χ0n) is 10.5. The van der Waals surface area contributed by atoms with Crippen molar-refractivity contribution >= 4 is 27.8 Å². The number of ether oxygens (including phenoxy) is 1. The van der Waals surface area contributed by atoms with Crippen LogP contribution in [0.1, 0.15) is 12.5 Å². The normalized spacial score (nSPS) is 10.8. The number of aromatic hydroxyl groups is 1. The highest BCUT2D eigenvalue weighted by Gasteiger charge is 2.05. The molecule has 0 unspecified atom stereocenters. The molecule has 2 rings (SSSR count). The van der Waals surface area contributed by atoms with Gasteiger partial charge in [0.25, 0.3) is 0 Å². The Bertz CT molecular complexity index is 596. The van der Waals surface area contributed by atoms with Crippen molar-refractivity contribution in [2.75, 3.05) is 6.61 Å². The third-order valence-electron chi connectivity index (χ3n) is 2.49. The lowest BCUT2D eigenvalue weighted by Gasteiger charge is -2.07. The van der Waals surface area contributed by atoms with Gasteiger partial charge in [-0.05, 0) is 37.3 Å². The van der Waals surface area contributed by atoms with E-state index in [1.165, 1.54) is 0 Å². The molecule has 0 aliphatic rings. The van der Waals surface area contributed by atoms with Gasteiger partial charge in [0.2, 0.25) is 0 Å². The van der Waals surface area contributed by atoms with Crippen molar-refractivity contribution in [2.24, 2.45) is 4.99 Å². The van der Waals surface area contributed by atoms with Gasteiger partial charge in [-0.1, -0.05) is 28.1 Å². The van der Waals surface area contributed by atoms with Crippen molar-refractivity contribution in [1.82, 2.24) is 0 Å². The van der Waals surface area contributed by atoms with E-state index in [2.05, 4.69) is 20.9 Å². The number of para-hydroxylation sites is 1. The molecule has 0 saturated heterocycles. The second-order valence-corrected chi connectivity index (χ2v) is 4.78. The Morgan fingerprint density at radius 3 is 2.79 bits per heavy atom. The standard InChI is InChI=1S/C15H14BrNO2/c1-2-19-14-8-3-5-11(15(14)18)10-17-13-7-4-6-12(16)9-13/h3-10,18H,2H2,1H3. The second-order valence-electron chi connectivity index (χ2n) is 3.87. The van der Waals surface area contributed by atoms with Gasteiger partial charge in [0.05, 0.1) is 12.3 Å². The molecule has 19 heavy (non-hydrogen) atoms. The van der Waals surface area contributed by atoms with Gasteiger partial charge in [-0.25, -0.2) is 0 Å². The van der Waals surface area contributed by atoms with Crippen molar-refractivity contribution in [3.8, 4) is 11.5 Å². The van der Waals surface area contributed by atoms with E-state index in [-0.39, 0.29) is 5.75 Å². The molecule has 0 amide bonds. The highest BCUT2D eigenvalue weighted by atomic mass is 79.9. The van der Waals surface area contributed by atoms with Crippen molar-refractivity contribution < 1.29 is 9.84 Å². The molecule has 0 radical (unpaired) electrons. The van der Waals surface area contributed by atoms with Gasteiger partial charge in [-0.2, -0.15) is 0 Å². The van der Waals surface area contributed by atoms with Crippen LogP contribution in [-0.4, -0.2) is 17.9 Å². The molecule has 0 aromatic heterocycles. The summed E-state index contributed by atoms with van der Waals surface area (Å²) in [4.78, 5) is 4.33. The average Bonchev–Trinajstić information content (AvgIpc) is 2.40. The summed E-state index contributed by atoms with van der Waals surface area (Å²) in [5.74, 6) is 0.587. The summed E-state index contributed by atoms with van der Waals surface area (Å²) in [6.07, 6.45) is 1.62. The zero-order valence-corrected chi connectivity index (χ0v) is 12.1. The Kier molecular flexibility index (Phi) is 4.58. The maximum absolute atomic E-state index is 10.0. The van der Waals surface area contributed by atoms with Crippen LogP contribution in [0.5, 0.6) is 11.5 Å². The summed E-state index contributed by atoms with van der Waals surface area (Å²) < 4.78 is 6.30. The van der Waals surface area contributed by atoms with Crippen LogP contribution in [0.15, 0.2) is 51.9 Å². The van der Waals surface area contributed by atoms with Gasteiger partial charge in [0.15, 0.2) is 11.5 Å². The molecule has 0 aliphatic heterocycles. The van der Waals surface area contributed by atoms with Crippen molar-refractivity contribution in [2.45, 2.75) is 6.92 Å². The minimum absolute atomic E-state index is 0.114. The molecule has 0 aliphatic carbocycles. The first-order chi connectivity index (χ1) is 9.20. The number of phenolic OH excluding ortho intramolecular Hbond substituents is 1. The van der Waals surface area contributed by atoms with Crippen molar-refractivity contribution in [3.63, 3.8) is 0 Å². The summed E-state index contributed by atoms with van der Waals surface area (Å²) in [6.45, 7) is 2.39. The van der Waals surface area contributed by atoms with Gasteiger partial charge in [-0.3, -0.25) is 4.99 Å². The van der Waals surface area contributed by atoms with Gasteiger partial charge in [0.1, 0.15) is 0 Å². The summed E-state index contributed by atoms with van der Waals surface area (Å²) in [6, 6.07) is 13.0. The fourth-order valence-corrected chi connectivity index (χ4v) is 2.00. The van der Waals surface area contributed by atoms with Gasteiger partial charge < -0.3 is 9.84 Å². The van der Waals surface area contributed by atoms with E-state index in [0.717, 1.165) is 10.2 Å². The molecule has 2 aromatic rings. The number of phenols is 1. The van der Waals surface area contributed by atoms with E-state index < -0.39 is 0 Å². The third-order valence-corrected chi connectivity index (χ3v) is 2.98. The van der Waals surface area contributed by atoms with E-state index >= 15 is 0 Å². The number of hydrogen-bond donors (Lipinski definition) is 1. The maximum Gasteiger partial charge on any atom is 0.166 e. The smallest absolute Gasteiger partial charge is 0.166 e. The van der Waals surface area contributed by atoms with Crippen LogP contribution < -0.4 is 4.74 Å². The van der Waals surface area contributed by atoms with Gasteiger partial charge in [0, 0.05) is 16.3 Å². The highest BCUT2D eigenvalue weighted by Crippen LogP contribution is 2.29. The number of nitrogens with zero attached hydrogens (tertiary/aromatic N) is 1. The number of benzene rings is 2. The van der Waals surface area contributed by atoms with Crippen LogP contribution in [0.2, 0.25) is 0 Å². The topological polar surface area (TPSA) is 41.8 Å². The minimum atomic E-state index is 0.114. The molecular weight excluding hydrogens is 306 g/mol. The SMILES string of the molecule is CCOc1cccc(C=Nc2cccc(Br)c2)c1O. The molecule has 0 heterocycles. The molecule has 2 aromatic carbocycles. The molecule has 3 nitrogen and oxygen atoms in total. The molecule has 0 saturated carbocycles. The third kappa shape index (κ3) is 3.58. The first-order valence-corrected chi connectivity index (χ1v) is 6.74. The Labute approximate surface area is 120 Å². The van der Waals surface area contributed by atoms with Crippen LogP contribution in [0.4, 0.5) is 5.69 Å². The Morgan fingerprint density at radius 2 is 2.05 bits per heavy atom. The summed E-state index contributed by atoms with van der Waals surface area (Å²) in [5, 5.41) is 10.0. The Morgan fingerprint density at radius 1 is 1.26 bits per heavy atom. The lowest BCUT2D eigenvalue weighted by Crippen LogP contribution is -1.93. The highest BCUT2D eigenvalue weighted by molar-refractivity contribution is 9.10. The lowest BCUT2D eigenvalue weighted by molar-refractivity contribution is 0.318. The molecule has 0 atom stereocenters. The predicted molar refractivity (Wildman–Crippen MR) is 80.7 cm³/mol.